The number of rotatable bonds is 3. The van der Waals surface area contributed by atoms with Crippen LogP contribution in [0.4, 0.5) is 0 Å². The summed E-state index contributed by atoms with van der Waals surface area (Å²) in [6.45, 7) is 4.81. The molecule has 0 aromatic carbocycles. The molecule has 0 aliphatic heterocycles. The van der Waals surface area contributed by atoms with Crippen molar-refractivity contribution in [2.24, 2.45) is 5.73 Å². The number of nitrogens with zero attached hydrogens (tertiary/aromatic N) is 1. The van der Waals surface area contributed by atoms with Crippen molar-refractivity contribution in [2.75, 3.05) is 0 Å². The summed E-state index contributed by atoms with van der Waals surface area (Å²) in [7, 11) is 0. The van der Waals surface area contributed by atoms with Crippen molar-refractivity contribution in [1.82, 2.24) is 4.98 Å². The lowest BCUT2D eigenvalue weighted by Gasteiger charge is -2.22. The van der Waals surface area contributed by atoms with E-state index in [1.165, 1.54) is 48.3 Å². The summed E-state index contributed by atoms with van der Waals surface area (Å²) in [6.07, 6.45) is 6.83. The van der Waals surface area contributed by atoms with Gasteiger partial charge in [-0.3, -0.25) is 0 Å². The average molecular weight is 250 g/mol. The van der Waals surface area contributed by atoms with Gasteiger partial charge in [-0.05, 0) is 38.3 Å². The van der Waals surface area contributed by atoms with Crippen molar-refractivity contribution < 1.29 is 0 Å². The van der Waals surface area contributed by atoms with E-state index in [4.69, 9.17) is 5.73 Å². The molecule has 0 amide bonds. The summed E-state index contributed by atoms with van der Waals surface area (Å²) in [4.78, 5) is 4.68. The van der Waals surface area contributed by atoms with Gasteiger partial charge in [0.2, 0.25) is 0 Å². The maximum absolute atomic E-state index is 5.85. The number of pyridine rings is 1. The van der Waals surface area contributed by atoms with E-state index in [-0.39, 0.29) is 0 Å². The quantitative estimate of drug-likeness (QED) is 0.891. The molecular weight excluding hydrogens is 228 g/mol. The van der Waals surface area contributed by atoms with Gasteiger partial charge in [-0.15, -0.1) is 11.8 Å². The molecule has 0 bridgehead atoms. The first-order valence-corrected chi connectivity index (χ1v) is 7.42. The molecule has 0 radical (unpaired) electrons. The Balaban J connectivity index is 2.18. The third kappa shape index (κ3) is 3.23. The second kappa shape index (κ2) is 5.87. The molecule has 0 spiro atoms. The Hall–Kier alpha value is -0.540. The van der Waals surface area contributed by atoms with Crippen LogP contribution in [0.1, 0.15) is 48.9 Å². The van der Waals surface area contributed by atoms with Crippen LogP contribution in [-0.4, -0.2) is 10.2 Å². The Kier molecular flexibility index (Phi) is 4.46. The molecule has 1 heterocycles. The predicted octanol–water partition coefficient (Wildman–Crippen LogP) is 3.58. The van der Waals surface area contributed by atoms with Crippen LogP contribution < -0.4 is 5.73 Å². The van der Waals surface area contributed by atoms with Crippen molar-refractivity contribution in [1.29, 1.82) is 0 Å². The van der Waals surface area contributed by atoms with Gasteiger partial charge in [0.15, 0.2) is 0 Å². The molecule has 2 nitrogen and oxygen atoms in total. The molecule has 1 aromatic heterocycles. The zero-order valence-electron chi connectivity index (χ0n) is 10.8. The van der Waals surface area contributed by atoms with Crippen LogP contribution >= 0.6 is 11.8 Å². The van der Waals surface area contributed by atoms with Gasteiger partial charge in [0, 0.05) is 23.1 Å². The van der Waals surface area contributed by atoms with E-state index in [1.807, 2.05) is 11.8 Å². The molecule has 2 N–H and O–H groups in total. The molecule has 1 aliphatic rings. The van der Waals surface area contributed by atoms with Gasteiger partial charge in [0.05, 0.1) is 0 Å². The zero-order chi connectivity index (χ0) is 12.3. The second-order valence-corrected chi connectivity index (χ2v) is 6.24. The largest absolute Gasteiger partial charge is 0.326 e. The standard InChI is InChI=1S/C14H22N2S/c1-10-8-11(2)16-14(13(10)9-15)17-12-6-4-3-5-7-12/h8,12H,3-7,9,15H2,1-2H3. The van der Waals surface area contributed by atoms with Crippen LogP contribution in [0.15, 0.2) is 11.1 Å². The minimum Gasteiger partial charge on any atom is -0.326 e. The zero-order valence-corrected chi connectivity index (χ0v) is 11.6. The highest BCUT2D eigenvalue weighted by Gasteiger charge is 2.17. The Morgan fingerprint density at radius 1 is 1.29 bits per heavy atom. The number of thioether (sulfide) groups is 1. The van der Waals surface area contributed by atoms with Crippen LogP contribution in [-0.2, 0) is 6.54 Å². The summed E-state index contributed by atoms with van der Waals surface area (Å²) in [5, 5.41) is 1.93. The fourth-order valence-electron chi connectivity index (χ4n) is 2.52. The van der Waals surface area contributed by atoms with Crippen LogP contribution in [0, 0.1) is 13.8 Å². The maximum Gasteiger partial charge on any atom is 0.101 e. The fraction of sp³-hybridized carbons (Fsp3) is 0.643. The molecule has 2 rings (SSSR count). The van der Waals surface area contributed by atoms with Crippen molar-refractivity contribution in [2.45, 2.75) is 62.8 Å². The third-order valence-corrected chi connectivity index (χ3v) is 4.84. The van der Waals surface area contributed by atoms with Gasteiger partial charge in [0.25, 0.3) is 0 Å². The molecule has 1 fully saturated rings. The van der Waals surface area contributed by atoms with Crippen molar-refractivity contribution in [3.63, 3.8) is 0 Å². The van der Waals surface area contributed by atoms with E-state index >= 15 is 0 Å². The number of aryl methyl sites for hydroxylation is 2. The molecule has 1 aliphatic carbocycles. The molecule has 1 aromatic rings. The SMILES string of the molecule is Cc1cc(C)c(CN)c(SC2CCCCC2)n1. The highest BCUT2D eigenvalue weighted by atomic mass is 32.2. The second-order valence-electron chi connectivity index (χ2n) is 4.95. The lowest BCUT2D eigenvalue weighted by atomic mass is 10.0. The summed E-state index contributed by atoms with van der Waals surface area (Å²) in [6, 6.07) is 2.13. The lowest BCUT2D eigenvalue weighted by Crippen LogP contribution is -2.11. The monoisotopic (exact) mass is 250 g/mol. The van der Waals surface area contributed by atoms with Gasteiger partial charge >= 0.3 is 0 Å². The number of nitrogens with two attached hydrogens (primary N) is 1. The van der Waals surface area contributed by atoms with E-state index in [9.17, 15) is 0 Å². The van der Waals surface area contributed by atoms with E-state index in [1.54, 1.807) is 0 Å². The fourth-order valence-corrected chi connectivity index (χ4v) is 3.98. The van der Waals surface area contributed by atoms with Crippen molar-refractivity contribution >= 4 is 11.8 Å². The van der Waals surface area contributed by atoms with Crippen LogP contribution in [0.5, 0.6) is 0 Å². The first-order valence-electron chi connectivity index (χ1n) is 6.54. The first kappa shape index (κ1) is 12.9. The minimum absolute atomic E-state index is 0.605. The molecule has 3 heteroatoms. The summed E-state index contributed by atoms with van der Waals surface area (Å²) >= 11 is 1.95. The van der Waals surface area contributed by atoms with E-state index < -0.39 is 0 Å². The lowest BCUT2D eigenvalue weighted by molar-refractivity contribution is 0.515. The number of hydrogen-bond donors (Lipinski definition) is 1. The first-order chi connectivity index (χ1) is 8.20. The number of hydrogen-bond acceptors (Lipinski definition) is 3. The average Bonchev–Trinajstić information content (AvgIpc) is 2.30. The summed E-state index contributed by atoms with van der Waals surface area (Å²) < 4.78 is 0. The molecule has 1 saturated carbocycles. The molecule has 17 heavy (non-hydrogen) atoms. The van der Waals surface area contributed by atoms with E-state index in [0.29, 0.717) is 6.54 Å². The molecule has 0 unspecified atom stereocenters. The predicted molar refractivity (Wildman–Crippen MR) is 74.3 cm³/mol. The Morgan fingerprint density at radius 2 is 2.00 bits per heavy atom. The molecule has 0 atom stereocenters. The molecule has 0 saturated heterocycles. The van der Waals surface area contributed by atoms with Gasteiger partial charge in [-0.2, -0.15) is 0 Å². The van der Waals surface area contributed by atoms with Gasteiger partial charge in [0.1, 0.15) is 5.03 Å². The third-order valence-electron chi connectivity index (χ3n) is 3.47. The Morgan fingerprint density at radius 3 is 2.65 bits per heavy atom. The van der Waals surface area contributed by atoms with Gasteiger partial charge in [-0.1, -0.05) is 19.3 Å². The van der Waals surface area contributed by atoms with Crippen LogP contribution in [0.25, 0.3) is 0 Å². The highest BCUT2D eigenvalue weighted by Crippen LogP contribution is 2.35. The molecule has 94 valence electrons. The van der Waals surface area contributed by atoms with Gasteiger partial charge < -0.3 is 5.73 Å². The number of aromatic nitrogens is 1. The minimum atomic E-state index is 0.605. The Bertz CT molecular complexity index is 384. The maximum atomic E-state index is 5.85. The van der Waals surface area contributed by atoms with Crippen molar-refractivity contribution in [3.8, 4) is 0 Å². The molecular formula is C14H22N2S. The van der Waals surface area contributed by atoms with E-state index in [2.05, 4.69) is 24.9 Å². The van der Waals surface area contributed by atoms with E-state index in [0.717, 1.165) is 10.9 Å². The van der Waals surface area contributed by atoms with Crippen LogP contribution in [0.2, 0.25) is 0 Å². The smallest absolute Gasteiger partial charge is 0.101 e. The highest BCUT2D eigenvalue weighted by molar-refractivity contribution is 7.99. The normalized spacial score (nSPS) is 17.4. The Labute approximate surface area is 108 Å². The van der Waals surface area contributed by atoms with Gasteiger partial charge in [-0.25, -0.2) is 4.98 Å². The van der Waals surface area contributed by atoms with Crippen molar-refractivity contribution in [3.05, 3.63) is 22.9 Å². The van der Waals surface area contributed by atoms with Crippen LogP contribution in [0.3, 0.4) is 0 Å². The summed E-state index contributed by atoms with van der Waals surface area (Å²) in [5.41, 5.74) is 9.49. The topological polar surface area (TPSA) is 38.9 Å². The summed E-state index contributed by atoms with van der Waals surface area (Å²) in [5.74, 6) is 0.